The minimum absolute atomic E-state index is 0.917. The third kappa shape index (κ3) is 240. The molecule has 0 spiro atoms. The number of rotatable bonds is 0. The van der Waals surface area contributed by atoms with E-state index in [9.17, 15) is 0 Å². The van der Waals surface area contributed by atoms with E-state index in [0.717, 1.165) is 5.71 Å². The third-order valence-corrected chi connectivity index (χ3v) is 0. The summed E-state index contributed by atoms with van der Waals surface area (Å²) in [6.07, 6.45) is 0. The molecule has 0 unspecified atom stereocenters. The van der Waals surface area contributed by atoms with E-state index in [2.05, 4.69) is 0 Å². The summed E-state index contributed by atoms with van der Waals surface area (Å²) in [5, 5.41) is 5.03. The molecule has 0 amide bonds. The minimum Gasteiger partial charge on any atom is -0.262 e. The van der Waals surface area contributed by atoms with Gasteiger partial charge in [0, 0.05) is 13.8 Å². The van der Waals surface area contributed by atoms with Gasteiger partial charge in [0.15, 0.2) is 0 Å². The van der Waals surface area contributed by atoms with Gasteiger partial charge < -0.3 is 0 Å². The maximum Gasteiger partial charge on any atom is 0.142 e. The van der Waals surface area contributed by atoms with Crippen LogP contribution in [0.4, 0.5) is 0 Å². The standard InChI is InChI=1S/C3H7N.C2H6/c1-3(2)4;1-2/h4H,1-2H3;1-2H3/p+1. The summed E-state index contributed by atoms with van der Waals surface area (Å²) in [5.74, 6) is 0. The summed E-state index contributed by atoms with van der Waals surface area (Å²) in [7, 11) is 0. The fraction of sp³-hybridized carbons (Fsp3) is 0.800. The minimum atomic E-state index is 0.917. The SMILES string of the molecule is CC.CC(C)=[NH2+]. The number of hydrogen-bond donors (Lipinski definition) is 1. The van der Waals surface area contributed by atoms with Gasteiger partial charge in [-0.25, -0.2) is 0 Å². The molecule has 0 bridgehead atoms. The highest BCUT2D eigenvalue weighted by Crippen LogP contribution is 1.43. The maximum atomic E-state index is 5.03. The molecule has 38 valence electrons. The van der Waals surface area contributed by atoms with Gasteiger partial charge in [0.25, 0.3) is 0 Å². The van der Waals surface area contributed by atoms with E-state index in [1.165, 1.54) is 0 Å². The molecular weight excluding hydrogens is 74.1 g/mol. The van der Waals surface area contributed by atoms with E-state index in [1.807, 2.05) is 27.7 Å². The normalized spacial score (nSPS) is 5.33. The van der Waals surface area contributed by atoms with E-state index in [4.69, 9.17) is 5.41 Å². The van der Waals surface area contributed by atoms with Gasteiger partial charge in [0.2, 0.25) is 0 Å². The zero-order chi connectivity index (χ0) is 5.58. The first-order valence-corrected chi connectivity index (χ1v) is 2.29. The summed E-state index contributed by atoms with van der Waals surface area (Å²) < 4.78 is 0. The van der Waals surface area contributed by atoms with Crippen LogP contribution in [0.2, 0.25) is 0 Å². The molecule has 1 heteroatoms. The van der Waals surface area contributed by atoms with Gasteiger partial charge in [-0.2, -0.15) is 0 Å². The van der Waals surface area contributed by atoms with Crippen molar-refractivity contribution in [3.8, 4) is 0 Å². The van der Waals surface area contributed by atoms with Crippen LogP contribution in [0.5, 0.6) is 0 Å². The Kier molecular flexibility index (Phi) is 13.5. The van der Waals surface area contributed by atoms with Crippen LogP contribution in [0.3, 0.4) is 0 Å². The Morgan fingerprint density at radius 1 is 1.17 bits per heavy atom. The summed E-state index contributed by atoms with van der Waals surface area (Å²) in [5.41, 5.74) is 0.917. The average Bonchev–Trinajstić information content (AvgIpc) is 1.41. The van der Waals surface area contributed by atoms with Crippen molar-refractivity contribution >= 4 is 5.71 Å². The first-order valence-electron chi connectivity index (χ1n) is 2.29. The van der Waals surface area contributed by atoms with E-state index in [-0.39, 0.29) is 0 Å². The molecule has 0 atom stereocenters. The molecule has 0 aromatic heterocycles. The lowest BCUT2D eigenvalue weighted by Gasteiger charge is -1.54. The summed E-state index contributed by atoms with van der Waals surface area (Å²) in [6.45, 7) is 7.72. The van der Waals surface area contributed by atoms with Gasteiger partial charge in [-0.05, 0) is 0 Å². The molecule has 1 nitrogen and oxygen atoms in total. The molecule has 0 aliphatic carbocycles. The van der Waals surface area contributed by atoms with E-state index in [0.29, 0.717) is 0 Å². The maximum absolute atomic E-state index is 5.03. The second kappa shape index (κ2) is 8.82. The van der Waals surface area contributed by atoms with Gasteiger partial charge in [-0.1, -0.05) is 13.8 Å². The van der Waals surface area contributed by atoms with E-state index < -0.39 is 0 Å². The molecule has 0 aliphatic heterocycles. The molecule has 0 aromatic carbocycles. The van der Waals surface area contributed by atoms with Crippen LogP contribution in [0.15, 0.2) is 0 Å². The van der Waals surface area contributed by atoms with Crippen molar-refractivity contribution in [2.75, 3.05) is 0 Å². The fourth-order valence-electron chi connectivity index (χ4n) is 0. The van der Waals surface area contributed by atoms with Crippen molar-refractivity contribution in [3.63, 3.8) is 0 Å². The average molecular weight is 88.2 g/mol. The highest BCUT2D eigenvalue weighted by Gasteiger charge is 1.64. The van der Waals surface area contributed by atoms with Crippen LogP contribution in [0, 0.1) is 0 Å². The Bertz CT molecular complexity index is 26.9. The Morgan fingerprint density at radius 3 is 1.17 bits per heavy atom. The third-order valence-electron chi connectivity index (χ3n) is 0. The lowest BCUT2D eigenvalue weighted by atomic mass is 10.5. The zero-order valence-electron chi connectivity index (χ0n) is 5.08. The lowest BCUT2D eigenvalue weighted by molar-refractivity contribution is -0.114. The Hall–Kier alpha value is -0.330. The largest absolute Gasteiger partial charge is 0.262 e. The second-order valence-corrected chi connectivity index (χ2v) is 1.08. The molecule has 0 saturated carbocycles. The molecule has 0 heterocycles. The van der Waals surface area contributed by atoms with Crippen molar-refractivity contribution in [2.45, 2.75) is 27.7 Å². The van der Waals surface area contributed by atoms with Gasteiger partial charge in [0.1, 0.15) is 5.71 Å². The molecule has 0 saturated heterocycles. The number of nitrogens with two attached hydrogens (primary N) is 1. The van der Waals surface area contributed by atoms with Gasteiger partial charge in [-0.15, -0.1) is 0 Å². The van der Waals surface area contributed by atoms with E-state index in [1.54, 1.807) is 0 Å². The van der Waals surface area contributed by atoms with Gasteiger partial charge >= 0.3 is 0 Å². The van der Waals surface area contributed by atoms with Crippen molar-refractivity contribution in [3.05, 3.63) is 0 Å². The smallest absolute Gasteiger partial charge is 0.142 e. The molecule has 2 N–H and O–H groups in total. The molecule has 0 rings (SSSR count). The Morgan fingerprint density at radius 2 is 1.17 bits per heavy atom. The topological polar surface area (TPSA) is 25.6 Å². The first-order chi connectivity index (χ1) is 2.73. The summed E-state index contributed by atoms with van der Waals surface area (Å²) in [4.78, 5) is 0. The summed E-state index contributed by atoms with van der Waals surface area (Å²) in [6, 6.07) is 0. The van der Waals surface area contributed by atoms with Crippen molar-refractivity contribution in [1.82, 2.24) is 0 Å². The molecule has 0 fully saturated rings. The molecule has 0 radical (unpaired) electrons. The highest BCUT2D eigenvalue weighted by molar-refractivity contribution is 5.72. The van der Waals surface area contributed by atoms with Crippen LogP contribution >= 0.6 is 0 Å². The van der Waals surface area contributed by atoms with Gasteiger partial charge in [-0.3, -0.25) is 5.41 Å². The first kappa shape index (κ1) is 9.18. The predicted octanol–water partition coefficient (Wildman–Crippen LogP) is 0.253. The van der Waals surface area contributed by atoms with Gasteiger partial charge in [0.05, 0.1) is 0 Å². The lowest BCUT2D eigenvalue weighted by Crippen LogP contribution is -2.34. The fourth-order valence-corrected chi connectivity index (χ4v) is 0. The van der Waals surface area contributed by atoms with Crippen molar-refractivity contribution in [2.24, 2.45) is 0 Å². The quantitative estimate of drug-likeness (QED) is 0.411. The van der Waals surface area contributed by atoms with Crippen molar-refractivity contribution in [1.29, 1.82) is 0 Å². The molecular formula is C5H14N+. The van der Waals surface area contributed by atoms with Crippen LogP contribution < -0.4 is 5.41 Å². The summed E-state index contributed by atoms with van der Waals surface area (Å²) >= 11 is 0. The van der Waals surface area contributed by atoms with Crippen molar-refractivity contribution < 1.29 is 5.41 Å². The molecule has 0 aliphatic rings. The van der Waals surface area contributed by atoms with Crippen LogP contribution in [-0.4, -0.2) is 5.71 Å². The van der Waals surface area contributed by atoms with Crippen LogP contribution in [-0.2, 0) is 0 Å². The molecule has 6 heavy (non-hydrogen) atoms. The Labute approximate surface area is 39.9 Å². The Balaban J connectivity index is 0. The van der Waals surface area contributed by atoms with Crippen LogP contribution in [0.1, 0.15) is 27.7 Å². The van der Waals surface area contributed by atoms with E-state index >= 15 is 0 Å². The number of hydrogen-bond acceptors (Lipinski definition) is 0. The zero-order valence-corrected chi connectivity index (χ0v) is 5.08. The van der Waals surface area contributed by atoms with Crippen LogP contribution in [0.25, 0.3) is 0 Å². The monoisotopic (exact) mass is 88.1 g/mol. The molecule has 0 aromatic rings. The second-order valence-electron chi connectivity index (χ2n) is 1.08. The highest BCUT2D eigenvalue weighted by atomic mass is 14.3. The predicted molar refractivity (Wildman–Crippen MR) is 29.6 cm³/mol.